The first-order valence-electron chi connectivity index (χ1n) is 9.82. The average molecular weight is 433 g/mol. The molecule has 0 radical (unpaired) electrons. The monoisotopic (exact) mass is 433 g/mol. The lowest BCUT2D eigenvalue weighted by Gasteiger charge is -2.33. The Morgan fingerprint density at radius 2 is 2.07 bits per heavy atom. The van der Waals surface area contributed by atoms with Crippen molar-refractivity contribution in [2.75, 3.05) is 46.1 Å². The molecule has 0 aromatic carbocycles. The van der Waals surface area contributed by atoms with Crippen molar-refractivity contribution in [2.24, 2.45) is 11.3 Å². The highest BCUT2D eigenvalue weighted by molar-refractivity contribution is 5.73. The van der Waals surface area contributed by atoms with Gasteiger partial charge in [-0.3, -0.25) is 4.90 Å². The first kappa shape index (κ1) is 22.7. The molecule has 1 N–H and O–H groups in total. The predicted molar refractivity (Wildman–Crippen MR) is 98.1 cm³/mol. The zero-order valence-corrected chi connectivity index (χ0v) is 16.7. The summed E-state index contributed by atoms with van der Waals surface area (Å²) in [5.74, 6) is -2.21. The van der Waals surface area contributed by atoms with Crippen LogP contribution in [0.4, 0.5) is 13.2 Å². The Hall–Kier alpha value is -1.98. The number of nitrogens with zero attached hydrogens (tertiary/aromatic N) is 3. The topological polar surface area (TPSA) is 94.0 Å². The van der Waals surface area contributed by atoms with Crippen LogP contribution in [0.1, 0.15) is 18.5 Å². The Morgan fingerprint density at radius 3 is 2.70 bits per heavy atom. The Balaban J connectivity index is 0.000000318. The minimum atomic E-state index is -5.08. The highest BCUT2D eigenvalue weighted by Gasteiger charge is 2.52. The molecule has 30 heavy (non-hydrogen) atoms. The van der Waals surface area contributed by atoms with Crippen LogP contribution in [0, 0.1) is 18.3 Å². The molecule has 4 rings (SSSR count). The van der Waals surface area contributed by atoms with E-state index in [9.17, 15) is 13.2 Å². The number of rotatable bonds is 4. The summed E-state index contributed by atoms with van der Waals surface area (Å²) < 4.78 is 49.0. The minimum Gasteiger partial charge on any atom is -0.475 e. The molecule has 11 heteroatoms. The van der Waals surface area contributed by atoms with Gasteiger partial charge in [-0.2, -0.15) is 13.2 Å². The molecule has 0 bridgehead atoms. The fourth-order valence-corrected chi connectivity index (χ4v) is 4.11. The van der Waals surface area contributed by atoms with E-state index >= 15 is 0 Å². The normalized spacial score (nSPS) is 27.3. The summed E-state index contributed by atoms with van der Waals surface area (Å²) in [5.41, 5.74) is 1.02. The van der Waals surface area contributed by atoms with Crippen LogP contribution in [0.15, 0.2) is 12.3 Å². The number of aliphatic carboxylic acids is 1. The molecule has 8 nitrogen and oxygen atoms in total. The number of aromatic nitrogens is 2. The maximum absolute atomic E-state index is 10.6. The van der Waals surface area contributed by atoms with Gasteiger partial charge in [0.25, 0.3) is 0 Å². The number of likely N-dealkylation sites (tertiary alicyclic amines) is 1. The average Bonchev–Trinajstić information content (AvgIpc) is 3.24. The number of halogens is 3. The Labute approximate surface area is 172 Å². The number of aryl methyl sites for hydroxylation is 1. The van der Waals surface area contributed by atoms with E-state index in [0.29, 0.717) is 24.6 Å². The van der Waals surface area contributed by atoms with Crippen LogP contribution >= 0.6 is 0 Å². The van der Waals surface area contributed by atoms with Crippen LogP contribution in [0.25, 0.3) is 0 Å². The molecule has 3 aliphatic rings. The van der Waals surface area contributed by atoms with Crippen molar-refractivity contribution >= 4 is 5.97 Å². The molecular weight excluding hydrogens is 407 g/mol. The summed E-state index contributed by atoms with van der Waals surface area (Å²) in [6.45, 7) is 8.17. The van der Waals surface area contributed by atoms with Gasteiger partial charge >= 0.3 is 18.2 Å². The Morgan fingerprint density at radius 1 is 1.37 bits per heavy atom. The van der Waals surface area contributed by atoms with Gasteiger partial charge in [-0.1, -0.05) is 0 Å². The van der Waals surface area contributed by atoms with Crippen molar-refractivity contribution in [3.8, 4) is 6.01 Å². The van der Waals surface area contributed by atoms with E-state index in [1.165, 1.54) is 0 Å². The van der Waals surface area contributed by atoms with E-state index in [2.05, 4.69) is 14.9 Å². The smallest absolute Gasteiger partial charge is 0.475 e. The number of carboxylic acids is 1. The first-order valence-corrected chi connectivity index (χ1v) is 9.82. The van der Waals surface area contributed by atoms with E-state index in [0.717, 1.165) is 58.1 Å². The Kier molecular flexibility index (Phi) is 7.14. The third-order valence-corrected chi connectivity index (χ3v) is 5.76. The van der Waals surface area contributed by atoms with E-state index in [1.807, 2.05) is 13.0 Å². The van der Waals surface area contributed by atoms with Crippen LogP contribution in [-0.4, -0.2) is 84.3 Å². The van der Waals surface area contributed by atoms with Crippen molar-refractivity contribution in [3.63, 3.8) is 0 Å². The molecule has 0 aliphatic carbocycles. The van der Waals surface area contributed by atoms with Gasteiger partial charge in [0.2, 0.25) is 0 Å². The summed E-state index contributed by atoms with van der Waals surface area (Å²) in [5, 5.41) is 7.12. The first-order chi connectivity index (χ1) is 14.2. The van der Waals surface area contributed by atoms with Gasteiger partial charge in [0, 0.05) is 55.6 Å². The van der Waals surface area contributed by atoms with Gasteiger partial charge in [0.05, 0.1) is 13.2 Å². The van der Waals surface area contributed by atoms with Crippen LogP contribution in [0.2, 0.25) is 0 Å². The molecule has 0 unspecified atom stereocenters. The lowest BCUT2D eigenvalue weighted by Crippen LogP contribution is -2.41. The molecule has 2 atom stereocenters. The van der Waals surface area contributed by atoms with Crippen molar-refractivity contribution in [1.82, 2.24) is 14.9 Å². The number of hydrogen-bond donors (Lipinski definition) is 1. The van der Waals surface area contributed by atoms with Gasteiger partial charge in [-0.05, 0) is 25.8 Å². The van der Waals surface area contributed by atoms with Crippen LogP contribution < -0.4 is 4.74 Å². The lowest BCUT2D eigenvalue weighted by atomic mass is 9.82. The predicted octanol–water partition coefficient (Wildman–Crippen LogP) is 1.92. The molecule has 3 saturated heterocycles. The summed E-state index contributed by atoms with van der Waals surface area (Å²) in [6.07, 6.45) is -1.04. The Bertz CT molecular complexity index is 730. The third-order valence-electron chi connectivity index (χ3n) is 5.76. The minimum absolute atomic E-state index is 0.0887. The molecule has 0 spiro atoms. The molecule has 0 saturated carbocycles. The molecule has 1 aromatic heterocycles. The fourth-order valence-electron chi connectivity index (χ4n) is 4.11. The van der Waals surface area contributed by atoms with Crippen LogP contribution in [0.3, 0.4) is 0 Å². The summed E-state index contributed by atoms with van der Waals surface area (Å²) in [7, 11) is 0. The molecule has 0 amide bonds. The maximum Gasteiger partial charge on any atom is 0.490 e. The van der Waals surface area contributed by atoms with E-state index < -0.39 is 12.1 Å². The van der Waals surface area contributed by atoms with Crippen molar-refractivity contribution in [3.05, 3.63) is 18.0 Å². The SMILES string of the molecule is Cc1ccnc(OC[C@]23COC[C@H]2CN(C2CCOCC2)C3)n1.O=C(O)C(F)(F)F. The van der Waals surface area contributed by atoms with E-state index in [-0.39, 0.29) is 5.41 Å². The summed E-state index contributed by atoms with van der Waals surface area (Å²) in [6, 6.07) is 3.02. The largest absolute Gasteiger partial charge is 0.490 e. The summed E-state index contributed by atoms with van der Waals surface area (Å²) in [4.78, 5) is 20.1. The third kappa shape index (κ3) is 5.58. The zero-order chi connectivity index (χ0) is 21.8. The number of carboxylic acid groups (broad SMARTS) is 1. The second-order valence-electron chi connectivity index (χ2n) is 7.92. The van der Waals surface area contributed by atoms with Gasteiger partial charge < -0.3 is 19.3 Å². The molecule has 1 aromatic rings. The molecule has 168 valence electrons. The second-order valence-corrected chi connectivity index (χ2v) is 7.92. The standard InChI is InChI=1S/C17H25N3O3.C2HF3O2/c1-13-2-5-18-16(19-13)23-12-17-10-20(8-14(17)9-22-11-17)15-3-6-21-7-4-15;3-2(4,5)1(6)7/h2,5,14-15H,3-4,6-12H2,1H3;(H,6,7)/t14-,17+;/m1./s1. The number of fused-ring (bicyclic) bond motifs is 1. The number of ether oxygens (including phenoxy) is 3. The van der Waals surface area contributed by atoms with Crippen molar-refractivity contribution in [2.45, 2.75) is 32.0 Å². The van der Waals surface area contributed by atoms with Crippen molar-refractivity contribution in [1.29, 1.82) is 0 Å². The zero-order valence-electron chi connectivity index (χ0n) is 16.7. The van der Waals surface area contributed by atoms with Crippen molar-refractivity contribution < 1.29 is 37.3 Å². The molecular formula is C19H26F3N3O5. The van der Waals surface area contributed by atoms with Gasteiger partial charge in [0.15, 0.2) is 0 Å². The van der Waals surface area contributed by atoms with Crippen LogP contribution in [0.5, 0.6) is 6.01 Å². The number of hydrogen-bond acceptors (Lipinski definition) is 7. The summed E-state index contributed by atoms with van der Waals surface area (Å²) >= 11 is 0. The quantitative estimate of drug-likeness (QED) is 0.770. The fraction of sp³-hybridized carbons (Fsp3) is 0.737. The highest BCUT2D eigenvalue weighted by atomic mass is 19.4. The second kappa shape index (κ2) is 9.44. The maximum atomic E-state index is 10.6. The lowest BCUT2D eigenvalue weighted by molar-refractivity contribution is -0.192. The van der Waals surface area contributed by atoms with E-state index in [4.69, 9.17) is 24.1 Å². The molecule has 3 fully saturated rings. The number of carbonyl (C=O) groups is 1. The van der Waals surface area contributed by atoms with Gasteiger partial charge in [-0.25, -0.2) is 14.8 Å². The van der Waals surface area contributed by atoms with Gasteiger partial charge in [-0.15, -0.1) is 0 Å². The van der Waals surface area contributed by atoms with Crippen LogP contribution in [-0.2, 0) is 14.3 Å². The van der Waals surface area contributed by atoms with E-state index in [1.54, 1.807) is 6.20 Å². The molecule has 4 heterocycles. The molecule has 3 aliphatic heterocycles. The number of alkyl halides is 3. The van der Waals surface area contributed by atoms with Gasteiger partial charge in [0.1, 0.15) is 6.61 Å². The highest BCUT2D eigenvalue weighted by Crippen LogP contribution is 2.43.